The van der Waals surface area contributed by atoms with Gasteiger partial charge >= 0.3 is 0 Å². The molecule has 2 N–H and O–H groups in total. The van der Waals surface area contributed by atoms with Crippen molar-refractivity contribution in [2.24, 2.45) is 5.92 Å². The molecule has 0 radical (unpaired) electrons. The zero-order chi connectivity index (χ0) is 13.7. The van der Waals surface area contributed by atoms with Gasteiger partial charge in [0.05, 0.1) is 6.61 Å². The van der Waals surface area contributed by atoms with Crippen molar-refractivity contribution >= 4 is 0 Å². The Bertz CT molecular complexity index is 248. The van der Waals surface area contributed by atoms with Crippen LogP contribution in [0.5, 0.6) is 0 Å². The van der Waals surface area contributed by atoms with E-state index in [1.54, 1.807) is 0 Å². The molecule has 0 bridgehead atoms. The fraction of sp³-hybridized carbons (Fsp3) is 1.00. The highest BCUT2D eigenvalue weighted by molar-refractivity contribution is 4.85. The Morgan fingerprint density at radius 2 is 1.89 bits per heavy atom. The summed E-state index contributed by atoms with van der Waals surface area (Å²) in [5, 5.41) is 12.9. The first-order valence-electron chi connectivity index (χ1n) is 7.91. The first-order valence-corrected chi connectivity index (χ1v) is 7.91. The minimum Gasteiger partial charge on any atom is -0.395 e. The molecule has 112 valence electrons. The van der Waals surface area contributed by atoms with E-state index >= 15 is 0 Å². The average Bonchev–Trinajstić information content (AvgIpc) is 3.19. The summed E-state index contributed by atoms with van der Waals surface area (Å²) in [7, 11) is 4.34. The highest BCUT2D eigenvalue weighted by Crippen LogP contribution is 2.21. The van der Waals surface area contributed by atoms with Gasteiger partial charge in [-0.3, -0.25) is 0 Å². The molecule has 1 unspecified atom stereocenters. The molecule has 1 saturated carbocycles. The summed E-state index contributed by atoms with van der Waals surface area (Å²) in [5.74, 6) is 0.879. The van der Waals surface area contributed by atoms with E-state index in [-0.39, 0.29) is 6.61 Å². The summed E-state index contributed by atoms with van der Waals surface area (Å²) in [5.41, 5.74) is 0. The molecular formula is C15H31N3O. The molecule has 1 aliphatic heterocycles. The molecule has 2 aliphatic rings. The van der Waals surface area contributed by atoms with E-state index in [2.05, 4.69) is 29.2 Å². The number of aliphatic hydroxyl groups is 1. The maximum atomic E-state index is 9.39. The van der Waals surface area contributed by atoms with Gasteiger partial charge in [0.15, 0.2) is 0 Å². The average molecular weight is 269 g/mol. The predicted octanol–water partition coefficient (Wildman–Crippen LogP) is 0.763. The van der Waals surface area contributed by atoms with Crippen molar-refractivity contribution in [1.82, 2.24) is 15.1 Å². The third kappa shape index (κ3) is 5.78. The number of nitrogens with zero attached hydrogens (tertiary/aromatic N) is 2. The first-order chi connectivity index (χ1) is 9.17. The van der Waals surface area contributed by atoms with E-state index in [1.807, 2.05) is 0 Å². The van der Waals surface area contributed by atoms with Gasteiger partial charge in [0, 0.05) is 18.6 Å². The van der Waals surface area contributed by atoms with Crippen molar-refractivity contribution < 1.29 is 5.11 Å². The molecule has 2 fully saturated rings. The van der Waals surface area contributed by atoms with Crippen LogP contribution in [0.15, 0.2) is 0 Å². The number of hydrogen-bond donors (Lipinski definition) is 2. The van der Waals surface area contributed by atoms with Crippen LogP contribution in [0.2, 0.25) is 0 Å². The van der Waals surface area contributed by atoms with E-state index in [0.29, 0.717) is 12.1 Å². The number of rotatable bonds is 8. The van der Waals surface area contributed by atoms with Crippen LogP contribution >= 0.6 is 0 Å². The SMILES string of the molecule is CN(C)CC1CCN(CCC(CO)NC2CC2)CC1. The molecule has 4 nitrogen and oxygen atoms in total. The van der Waals surface area contributed by atoms with Crippen LogP contribution < -0.4 is 5.32 Å². The minimum absolute atomic E-state index is 0.285. The smallest absolute Gasteiger partial charge is 0.0585 e. The quantitative estimate of drug-likeness (QED) is 0.682. The molecule has 4 heteroatoms. The minimum atomic E-state index is 0.285. The van der Waals surface area contributed by atoms with Gasteiger partial charge < -0.3 is 20.2 Å². The molecule has 0 amide bonds. The predicted molar refractivity (Wildman–Crippen MR) is 79.4 cm³/mol. The normalized spacial score (nSPS) is 24.0. The lowest BCUT2D eigenvalue weighted by atomic mass is 9.96. The van der Waals surface area contributed by atoms with Crippen LogP contribution in [-0.4, -0.2) is 73.9 Å². The van der Waals surface area contributed by atoms with Gasteiger partial charge in [-0.1, -0.05) is 0 Å². The zero-order valence-corrected chi connectivity index (χ0v) is 12.6. The molecule has 1 atom stereocenters. The van der Waals surface area contributed by atoms with Gasteiger partial charge in [0.2, 0.25) is 0 Å². The van der Waals surface area contributed by atoms with Crippen LogP contribution in [0.4, 0.5) is 0 Å². The summed E-state index contributed by atoms with van der Waals surface area (Å²) < 4.78 is 0. The van der Waals surface area contributed by atoms with Crippen LogP contribution in [0.3, 0.4) is 0 Å². The molecule has 0 spiro atoms. The Hall–Kier alpha value is -0.160. The number of likely N-dealkylation sites (tertiary alicyclic amines) is 1. The topological polar surface area (TPSA) is 38.7 Å². The van der Waals surface area contributed by atoms with Crippen molar-refractivity contribution in [1.29, 1.82) is 0 Å². The molecule has 1 heterocycles. The molecule has 1 saturated heterocycles. The molecule has 2 rings (SSSR count). The number of aliphatic hydroxyl groups excluding tert-OH is 1. The lowest BCUT2D eigenvalue weighted by Gasteiger charge is -2.33. The maximum Gasteiger partial charge on any atom is 0.0585 e. The zero-order valence-electron chi connectivity index (χ0n) is 12.6. The van der Waals surface area contributed by atoms with Crippen LogP contribution in [0.25, 0.3) is 0 Å². The third-order valence-corrected chi connectivity index (χ3v) is 4.39. The van der Waals surface area contributed by atoms with E-state index < -0.39 is 0 Å². The van der Waals surface area contributed by atoms with Crippen LogP contribution in [0, 0.1) is 5.92 Å². The second-order valence-corrected chi connectivity index (χ2v) is 6.66. The number of piperidine rings is 1. The monoisotopic (exact) mass is 269 g/mol. The van der Waals surface area contributed by atoms with E-state index in [9.17, 15) is 5.11 Å². The highest BCUT2D eigenvalue weighted by Gasteiger charge is 2.25. The Morgan fingerprint density at radius 3 is 2.42 bits per heavy atom. The summed E-state index contributed by atoms with van der Waals surface area (Å²) in [6, 6.07) is 1.01. The van der Waals surface area contributed by atoms with Gasteiger partial charge in [-0.25, -0.2) is 0 Å². The Morgan fingerprint density at radius 1 is 1.21 bits per heavy atom. The maximum absolute atomic E-state index is 9.39. The Balaban J connectivity index is 1.59. The molecule has 0 aromatic rings. The molecular weight excluding hydrogens is 238 g/mol. The molecule has 0 aromatic heterocycles. The fourth-order valence-electron chi connectivity index (χ4n) is 3.06. The van der Waals surface area contributed by atoms with Crippen LogP contribution in [0.1, 0.15) is 32.1 Å². The number of hydrogen-bond acceptors (Lipinski definition) is 4. The first kappa shape index (κ1) is 15.2. The second-order valence-electron chi connectivity index (χ2n) is 6.66. The summed E-state index contributed by atoms with van der Waals surface area (Å²) >= 11 is 0. The third-order valence-electron chi connectivity index (χ3n) is 4.39. The van der Waals surface area contributed by atoms with Crippen molar-refractivity contribution in [3.05, 3.63) is 0 Å². The largest absolute Gasteiger partial charge is 0.395 e. The molecule has 19 heavy (non-hydrogen) atoms. The summed E-state index contributed by atoms with van der Waals surface area (Å²) in [4.78, 5) is 4.88. The van der Waals surface area contributed by atoms with Crippen LogP contribution in [-0.2, 0) is 0 Å². The highest BCUT2D eigenvalue weighted by atomic mass is 16.3. The van der Waals surface area contributed by atoms with E-state index in [4.69, 9.17) is 0 Å². The Kier molecular flexibility index (Phi) is 6.07. The standard InChI is InChI=1S/C15H31N3O/c1-17(2)11-13-5-8-18(9-6-13)10-7-15(12-19)16-14-3-4-14/h13-16,19H,3-12H2,1-2H3. The van der Waals surface area contributed by atoms with Gasteiger partial charge in [0.1, 0.15) is 0 Å². The van der Waals surface area contributed by atoms with E-state index in [1.165, 1.54) is 45.3 Å². The van der Waals surface area contributed by atoms with Crippen molar-refractivity contribution in [3.63, 3.8) is 0 Å². The van der Waals surface area contributed by atoms with Crippen molar-refractivity contribution in [2.45, 2.75) is 44.2 Å². The van der Waals surface area contributed by atoms with Crippen molar-refractivity contribution in [3.8, 4) is 0 Å². The fourth-order valence-corrected chi connectivity index (χ4v) is 3.06. The van der Waals surface area contributed by atoms with Gasteiger partial charge in [-0.15, -0.1) is 0 Å². The van der Waals surface area contributed by atoms with Gasteiger partial charge in [0.25, 0.3) is 0 Å². The van der Waals surface area contributed by atoms with E-state index in [0.717, 1.165) is 18.9 Å². The summed E-state index contributed by atoms with van der Waals surface area (Å²) in [6.07, 6.45) is 6.35. The van der Waals surface area contributed by atoms with Gasteiger partial charge in [-0.2, -0.15) is 0 Å². The molecule has 0 aromatic carbocycles. The number of nitrogens with one attached hydrogen (secondary N) is 1. The van der Waals surface area contributed by atoms with Crippen molar-refractivity contribution in [2.75, 3.05) is 46.9 Å². The lowest BCUT2D eigenvalue weighted by Crippen LogP contribution is -2.41. The second kappa shape index (κ2) is 7.58. The molecule has 1 aliphatic carbocycles. The van der Waals surface area contributed by atoms with Gasteiger partial charge in [-0.05, 0) is 71.8 Å². The summed E-state index contributed by atoms with van der Waals surface area (Å²) in [6.45, 7) is 5.13. The lowest BCUT2D eigenvalue weighted by molar-refractivity contribution is 0.148. The Labute approximate surface area is 118 Å².